The molecule has 0 radical (unpaired) electrons. The summed E-state index contributed by atoms with van der Waals surface area (Å²) in [4.78, 5) is 26.7. The van der Waals surface area contributed by atoms with Crippen molar-refractivity contribution in [3.8, 4) is 11.5 Å². The third kappa shape index (κ3) is 5.52. The molecule has 1 atom stereocenters. The first kappa shape index (κ1) is 23.2. The monoisotopic (exact) mass is 481 g/mol. The maximum atomic E-state index is 13.0. The lowest BCUT2D eigenvalue weighted by Gasteiger charge is -2.15. The summed E-state index contributed by atoms with van der Waals surface area (Å²) in [6.07, 6.45) is 0.414. The molecule has 1 aliphatic heterocycles. The largest absolute Gasteiger partial charge is 0.490 e. The maximum absolute atomic E-state index is 13.0. The van der Waals surface area contributed by atoms with Gasteiger partial charge >= 0.3 is 0 Å². The highest BCUT2D eigenvalue weighted by atomic mass is 35.5. The summed E-state index contributed by atoms with van der Waals surface area (Å²) in [5, 5.41) is -0.229. The fourth-order valence-electron chi connectivity index (χ4n) is 3.54. The lowest BCUT2D eigenvalue weighted by atomic mass is 10.1. The molecule has 0 spiro atoms. The maximum Gasteiger partial charge on any atom is 0.293 e. The highest BCUT2D eigenvalue weighted by Gasteiger charge is 2.40. The zero-order chi connectivity index (χ0) is 23.4. The standard InChI is InChI=1S/C26H24ClNO4S/c1-3-31-23-14-19(8-13-22(23)32-16-18-6-4-17(2)5-7-18)15-24-25(29)28(26(30)33-24)21-11-9-20(27)10-12-21/h4-14,24H,3,15-16H2,1-2H3/t24-/m0/s1. The van der Waals surface area contributed by atoms with Crippen LogP contribution < -0.4 is 14.4 Å². The van der Waals surface area contributed by atoms with E-state index in [0.29, 0.717) is 41.8 Å². The van der Waals surface area contributed by atoms with E-state index < -0.39 is 5.25 Å². The van der Waals surface area contributed by atoms with Crippen molar-refractivity contribution in [3.63, 3.8) is 0 Å². The molecule has 1 fully saturated rings. The molecule has 1 saturated heterocycles. The molecule has 3 aromatic carbocycles. The average molecular weight is 482 g/mol. The van der Waals surface area contributed by atoms with Gasteiger partial charge in [-0.1, -0.05) is 59.3 Å². The first-order valence-corrected chi connectivity index (χ1v) is 11.9. The van der Waals surface area contributed by atoms with Crippen molar-refractivity contribution >= 4 is 40.2 Å². The second kappa shape index (κ2) is 10.3. The van der Waals surface area contributed by atoms with Crippen LogP contribution in [0.3, 0.4) is 0 Å². The molecule has 7 heteroatoms. The SMILES string of the molecule is CCOc1cc(C[C@@H]2SC(=O)N(c3ccc(Cl)cc3)C2=O)ccc1OCc1ccc(C)cc1. The number of thioether (sulfide) groups is 1. The molecule has 0 bridgehead atoms. The molecule has 2 amide bonds. The van der Waals surface area contributed by atoms with E-state index in [4.69, 9.17) is 21.1 Å². The van der Waals surface area contributed by atoms with Crippen LogP contribution in [0.1, 0.15) is 23.6 Å². The molecule has 0 aliphatic carbocycles. The van der Waals surface area contributed by atoms with Crippen molar-refractivity contribution in [2.45, 2.75) is 32.1 Å². The number of carbonyl (C=O) groups excluding carboxylic acids is 2. The van der Waals surface area contributed by atoms with Gasteiger partial charge in [-0.15, -0.1) is 0 Å². The van der Waals surface area contributed by atoms with E-state index in [-0.39, 0.29) is 11.1 Å². The number of carbonyl (C=O) groups is 2. The van der Waals surface area contributed by atoms with Gasteiger partial charge in [-0.2, -0.15) is 0 Å². The van der Waals surface area contributed by atoms with Gasteiger partial charge in [0.2, 0.25) is 5.91 Å². The number of rotatable bonds is 8. The number of halogens is 1. The van der Waals surface area contributed by atoms with Gasteiger partial charge in [0, 0.05) is 5.02 Å². The molecule has 0 aromatic heterocycles. The molecule has 0 unspecified atom stereocenters. The van der Waals surface area contributed by atoms with Gasteiger partial charge in [0.15, 0.2) is 11.5 Å². The van der Waals surface area contributed by atoms with Gasteiger partial charge in [0.1, 0.15) is 6.61 Å². The Hall–Kier alpha value is -2.96. The van der Waals surface area contributed by atoms with Crippen molar-refractivity contribution in [3.05, 3.63) is 88.4 Å². The van der Waals surface area contributed by atoms with Gasteiger partial charge in [0.05, 0.1) is 17.5 Å². The molecule has 1 heterocycles. The van der Waals surface area contributed by atoms with E-state index in [1.54, 1.807) is 24.3 Å². The number of imide groups is 1. The molecule has 0 N–H and O–H groups in total. The molecular weight excluding hydrogens is 458 g/mol. The summed E-state index contributed by atoms with van der Waals surface area (Å²) in [5.41, 5.74) is 3.70. The minimum absolute atomic E-state index is 0.232. The third-order valence-electron chi connectivity index (χ3n) is 5.25. The van der Waals surface area contributed by atoms with Crippen LogP contribution in [0.25, 0.3) is 0 Å². The van der Waals surface area contributed by atoms with Crippen LogP contribution in [-0.2, 0) is 17.8 Å². The van der Waals surface area contributed by atoms with E-state index in [1.165, 1.54) is 10.5 Å². The molecule has 1 aliphatic rings. The highest BCUT2D eigenvalue weighted by Crippen LogP contribution is 2.36. The fraction of sp³-hybridized carbons (Fsp3) is 0.231. The van der Waals surface area contributed by atoms with E-state index in [1.807, 2.05) is 44.2 Å². The van der Waals surface area contributed by atoms with Gasteiger partial charge in [-0.25, -0.2) is 4.90 Å². The first-order chi connectivity index (χ1) is 15.9. The quantitative estimate of drug-likeness (QED) is 0.370. The Labute approximate surface area is 202 Å². The van der Waals surface area contributed by atoms with Crippen molar-refractivity contribution in [2.75, 3.05) is 11.5 Å². The summed E-state index contributed by atoms with van der Waals surface area (Å²) in [5.74, 6) is 1.04. The van der Waals surface area contributed by atoms with E-state index in [2.05, 4.69) is 12.1 Å². The lowest BCUT2D eigenvalue weighted by molar-refractivity contribution is -0.117. The van der Waals surface area contributed by atoms with E-state index >= 15 is 0 Å². The Balaban J connectivity index is 1.47. The predicted octanol–water partition coefficient (Wildman–Crippen LogP) is 6.44. The molecule has 4 rings (SSSR count). The number of amides is 2. The first-order valence-electron chi connectivity index (χ1n) is 10.7. The van der Waals surface area contributed by atoms with E-state index in [9.17, 15) is 9.59 Å². The van der Waals surface area contributed by atoms with Gasteiger partial charge in [-0.05, 0) is 67.8 Å². The molecule has 3 aromatic rings. The van der Waals surface area contributed by atoms with Gasteiger partial charge in [0.25, 0.3) is 5.24 Å². The zero-order valence-electron chi connectivity index (χ0n) is 18.4. The Morgan fingerprint density at radius 1 is 0.909 bits per heavy atom. The number of ether oxygens (including phenoxy) is 2. The van der Waals surface area contributed by atoms with E-state index in [0.717, 1.165) is 22.9 Å². The van der Waals surface area contributed by atoms with Crippen LogP contribution in [0.2, 0.25) is 5.02 Å². The number of hydrogen-bond acceptors (Lipinski definition) is 5. The zero-order valence-corrected chi connectivity index (χ0v) is 20.0. The summed E-state index contributed by atoms with van der Waals surface area (Å²) in [7, 11) is 0. The van der Waals surface area contributed by atoms with Crippen LogP contribution in [0.5, 0.6) is 11.5 Å². The Bertz CT molecular complexity index is 1150. The minimum Gasteiger partial charge on any atom is -0.490 e. The second-order valence-corrected chi connectivity index (χ2v) is 9.31. The number of benzene rings is 3. The van der Waals surface area contributed by atoms with Gasteiger partial charge < -0.3 is 9.47 Å². The normalized spacial score (nSPS) is 15.7. The van der Waals surface area contributed by atoms with Crippen LogP contribution in [-0.4, -0.2) is 23.0 Å². The Morgan fingerprint density at radius 3 is 2.30 bits per heavy atom. The third-order valence-corrected chi connectivity index (χ3v) is 6.54. The fourth-order valence-corrected chi connectivity index (χ4v) is 4.69. The second-order valence-electron chi connectivity index (χ2n) is 7.71. The average Bonchev–Trinajstić information content (AvgIpc) is 3.08. The molecule has 5 nitrogen and oxygen atoms in total. The molecular formula is C26H24ClNO4S. The topological polar surface area (TPSA) is 55.8 Å². The summed E-state index contributed by atoms with van der Waals surface area (Å²) >= 11 is 6.97. The smallest absolute Gasteiger partial charge is 0.293 e. The number of anilines is 1. The molecule has 0 saturated carbocycles. The lowest BCUT2D eigenvalue weighted by Crippen LogP contribution is -2.32. The van der Waals surface area contributed by atoms with Crippen LogP contribution >= 0.6 is 23.4 Å². The van der Waals surface area contributed by atoms with Crippen molar-refractivity contribution in [1.82, 2.24) is 0 Å². The Morgan fingerprint density at radius 2 is 1.61 bits per heavy atom. The summed E-state index contributed by atoms with van der Waals surface area (Å²) < 4.78 is 11.8. The number of nitrogens with zero attached hydrogens (tertiary/aromatic N) is 1. The number of aryl methyl sites for hydroxylation is 1. The molecule has 33 heavy (non-hydrogen) atoms. The number of hydrogen-bond donors (Lipinski definition) is 0. The van der Waals surface area contributed by atoms with Crippen molar-refractivity contribution in [2.24, 2.45) is 0 Å². The minimum atomic E-state index is -0.498. The predicted molar refractivity (Wildman–Crippen MR) is 133 cm³/mol. The Kier molecular flexibility index (Phi) is 7.26. The highest BCUT2D eigenvalue weighted by molar-refractivity contribution is 8.15. The van der Waals surface area contributed by atoms with Crippen LogP contribution in [0.4, 0.5) is 10.5 Å². The summed E-state index contributed by atoms with van der Waals surface area (Å²) in [6, 6.07) is 20.5. The molecule has 170 valence electrons. The summed E-state index contributed by atoms with van der Waals surface area (Å²) in [6.45, 7) is 4.88. The van der Waals surface area contributed by atoms with Crippen LogP contribution in [0, 0.1) is 6.92 Å². The van der Waals surface area contributed by atoms with Gasteiger partial charge in [-0.3, -0.25) is 9.59 Å². The van der Waals surface area contributed by atoms with Crippen molar-refractivity contribution < 1.29 is 19.1 Å². The van der Waals surface area contributed by atoms with Crippen molar-refractivity contribution in [1.29, 1.82) is 0 Å². The van der Waals surface area contributed by atoms with Crippen LogP contribution in [0.15, 0.2) is 66.7 Å².